The number of carbonyl (C=O) groups excluding carboxylic acids is 4. The molecule has 14 heteroatoms. The molecular weight excluding hydrogens is 761 g/mol. The standard InChI is InChI=1S/C46H46N8O6/c1-59-45(57)51-39(31-12-5-3-6-13-31)43(55)53-24-10-18-37(53)41-47-27-35(49-41)30-22-20-29(21-23-30)33-16-9-17-34(26-33)36-28-48-42(50-36)38-19-11-25-54(38)44(56)40(52-46(58)60-2)32-14-7-4-8-15-32/h3-9,12-17,20-23,26-28,37-40H,10-11,18-19,24-25H2,1-2H3,(H,47,49)(H,48,50)(H,51,57)(H,52,58)/t37-,38+,39-,40-/m1/s1. The maximum Gasteiger partial charge on any atom is 0.407 e. The lowest BCUT2D eigenvalue weighted by atomic mass is 10.0. The number of alkyl carbamates (subject to hydrolysis) is 2. The van der Waals surface area contributed by atoms with E-state index in [0.29, 0.717) is 35.9 Å². The van der Waals surface area contributed by atoms with E-state index in [0.717, 1.165) is 59.3 Å². The molecule has 8 rings (SSSR count). The first-order chi connectivity index (χ1) is 29.3. The number of rotatable bonds is 11. The summed E-state index contributed by atoms with van der Waals surface area (Å²) in [6.07, 6.45) is 5.34. The van der Waals surface area contributed by atoms with Crippen LogP contribution in [0.3, 0.4) is 0 Å². The molecule has 0 aliphatic carbocycles. The molecule has 4 atom stereocenters. The van der Waals surface area contributed by atoms with Crippen LogP contribution >= 0.6 is 0 Å². The van der Waals surface area contributed by atoms with Gasteiger partial charge in [0.15, 0.2) is 0 Å². The maximum absolute atomic E-state index is 14.0. The lowest BCUT2D eigenvalue weighted by molar-refractivity contribution is -0.135. The summed E-state index contributed by atoms with van der Waals surface area (Å²) in [5.74, 6) is 0.938. The molecule has 2 aromatic heterocycles. The number of aromatic amines is 2. The second-order valence-electron chi connectivity index (χ2n) is 14.9. The van der Waals surface area contributed by atoms with Gasteiger partial charge in [0.1, 0.15) is 23.7 Å². The Labute approximate surface area is 347 Å². The third kappa shape index (κ3) is 8.35. The van der Waals surface area contributed by atoms with Gasteiger partial charge < -0.3 is 39.9 Å². The fourth-order valence-corrected chi connectivity index (χ4v) is 8.19. The summed E-state index contributed by atoms with van der Waals surface area (Å²) in [6.45, 7) is 1.09. The number of methoxy groups -OCH3 is 2. The number of ether oxygens (including phenoxy) is 2. The van der Waals surface area contributed by atoms with Gasteiger partial charge in [0.05, 0.1) is 50.1 Å². The number of amides is 4. The van der Waals surface area contributed by atoms with Gasteiger partial charge in [-0.3, -0.25) is 9.59 Å². The minimum absolute atomic E-state index is 0.220. The zero-order valence-electron chi connectivity index (χ0n) is 33.3. The van der Waals surface area contributed by atoms with E-state index in [2.05, 4.69) is 44.9 Å². The Morgan fingerprint density at radius 3 is 1.52 bits per heavy atom. The number of H-pyrrole nitrogens is 2. The van der Waals surface area contributed by atoms with Crippen LogP contribution in [0.1, 0.15) is 72.6 Å². The lowest BCUT2D eigenvalue weighted by Gasteiger charge is -2.28. The van der Waals surface area contributed by atoms with Crippen molar-refractivity contribution in [3.63, 3.8) is 0 Å². The molecule has 4 N–H and O–H groups in total. The van der Waals surface area contributed by atoms with Gasteiger partial charge in [-0.15, -0.1) is 0 Å². The van der Waals surface area contributed by atoms with Crippen molar-refractivity contribution in [3.05, 3.63) is 144 Å². The Morgan fingerprint density at radius 2 is 1.03 bits per heavy atom. The summed E-state index contributed by atoms with van der Waals surface area (Å²) in [7, 11) is 2.56. The summed E-state index contributed by atoms with van der Waals surface area (Å²) < 4.78 is 9.67. The van der Waals surface area contributed by atoms with E-state index in [1.807, 2.05) is 84.9 Å². The average Bonchev–Trinajstić information content (AvgIpc) is 4.15. The highest BCUT2D eigenvalue weighted by molar-refractivity contribution is 5.88. The predicted molar refractivity (Wildman–Crippen MR) is 224 cm³/mol. The van der Waals surface area contributed by atoms with Gasteiger partial charge in [0, 0.05) is 18.7 Å². The van der Waals surface area contributed by atoms with Crippen molar-refractivity contribution in [2.45, 2.75) is 49.9 Å². The van der Waals surface area contributed by atoms with Crippen LogP contribution in [-0.4, -0.2) is 81.0 Å². The molecule has 4 heterocycles. The molecule has 6 aromatic rings. The summed E-state index contributed by atoms with van der Waals surface area (Å²) in [5, 5.41) is 5.43. The first kappa shape index (κ1) is 39.6. The number of carbonyl (C=O) groups is 4. The number of likely N-dealkylation sites (tertiary alicyclic amines) is 2. The minimum Gasteiger partial charge on any atom is -0.453 e. The van der Waals surface area contributed by atoms with Gasteiger partial charge in [-0.1, -0.05) is 103 Å². The molecule has 0 saturated carbocycles. The van der Waals surface area contributed by atoms with Crippen LogP contribution in [0.4, 0.5) is 9.59 Å². The van der Waals surface area contributed by atoms with Crippen LogP contribution in [0.2, 0.25) is 0 Å². The Kier molecular flexibility index (Phi) is 11.7. The fraction of sp³-hybridized carbons (Fsp3) is 0.261. The van der Waals surface area contributed by atoms with Crippen molar-refractivity contribution < 1.29 is 28.7 Å². The van der Waals surface area contributed by atoms with E-state index in [-0.39, 0.29) is 23.9 Å². The second kappa shape index (κ2) is 17.7. The second-order valence-corrected chi connectivity index (χ2v) is 14.9. The van der Waals surface area contributed by atoms with Crippen LogP contribution in [0.25, 0.3) is 33.6 Å². The number of hydrogen-bond acceptors (Lipinski definition) is 8. The Bertz CT molecular complexity index is 2450. The topological polar surface area (TPSA) is 175 Å². The maximum atomic E-state index is 14.0. The molecule has 4 aromatic carbocycles. The molecule has 0 unspecified atom stereocenters. The van der Waals surface area contributed by atoms with Crippen LogP contribution in [0.15, 0.2) is 122 Å². The van der Waals surface area contributed by atoms with Crippen LogP contribution < -0.4 is 10.6 Å². The number of hydrogen-bond donors (Lipinski definition) is 4. The molecule has 60 heavy (non-hydrogen) atoms. The molecule has 2 saturated heterocycles. The van der Waals surface area contributed by atoms with Crippen LogP contribution in [0.5, 0.6) is 0 Å². The van der Waals surface area contributed by atoms with Gasteiger partial charge in [-0.2, -0.15) is 0 Å². The molecule has 0 spiro atoms. The van der Waals surface area contributed by atoms with E-state index in [1.165, 1.54) is 14.2 Å². The Hall–Kier alpha value is -7.22. The van der Waals surface area contributed by atoms with Gasteiger partial charge in [-0.05, 0) is 59.6 Å². The van der Waals surface area contributed by atoms with E-state index in [4.69, 9.17) is 19.4 Å². The molecule has 4 amide bonds. The number of nitrogens with zero attached hydrogens (tertiary/aromatic N) is 4. The lowest BCUT2D eigenvalue weighted by Crippen LogP contribution is -2.42. The average molecular weight is 807 g/mol. The van der Waals surface area contributed by atoms with Crippen molar-refractivity contribution in [2.75, 3.05) is 27.3 Å². The van der Waals surface area contributed by atoms with Crippen molar-refractivity contribution in [2.24, 2.45) is 0 Å². The SMILES string of the molecule is COC(=O)N[C@@H](C(=O)N1CCC[C@@H]1c1ncc(-c2ccc(-c3cccc(-c4cnc([C@@H]5CCCN5C(=O)[C@H](NC(=O)OC)c5ccccc5)[nH]4)c3)cc2)[nH]1)c1ccccc1. The zero-order chi connectivity index (χ0) is 41.6. The summed E-state index contributed by atoms with van der Waals surface area (Å²) >= 11 is 0. The monoisotopic (exact) mass is 806 g/mol. The van der Waals surface area contributed by atoms with Gasteiger partial charge >= 0.3 is 12.2 Å². The van der Waals surface area contributed by atoms with Crippen molar-refractivity contribution >= 4 is 24.0 Å². The molecule has 0 bridgehead atoms. The minimum atomic E-state index is -0.892. The van der Waals surface area contributed by atoms with E-state index in [1.54, 1.807) is 22.2 Å². The number of aromatic nitrogens is 4. The van der Waals surface area contributed by atoms with Gasteiger partial charge in [0.25, 0.3) is 11.8 Å². The number of benzene rings is 4. The number of nitrogens with one attached hydrogen (secondary N) is 4. The van der Waals surface area contributed by atoms with E-state index < -0.39 is 24.3 Å². The van der Waals surface area contributed by atoms with Gasteiger partial charge in [-0.25, -0.2) is 19.6 Å². The summed E-state index contributed by atoms with van der Waals surface area (Å²) in [5.41, 5.74) is 6.95. The predicted octanol–water partition coefficient (Wildman–Crippen LogP) is 7.66. The number of imidazole rings is 2. The smallest absolute Gasteiger partial charge is 0.407 e. The first-order valence-electron chi connectivity index (χ1n) is 20.0. The summed E-state index contributed by atoms with van der Waals surface area (Å²) in [6, 6.07) is 32.4. The van der Waals surface area contributed by atoms with Crippen molar-refractivity contribution in [1.82, 2.24) is 40.4 Å². The van der Waals surface area contributed by atoms with Crippen molar-refractivity contribution in [3.8, 4) is 33.6 Å². The molecule has 2 fully saturated rings. The first-order valence-corrected chi connectivity index (χ1v) is 20.0. The van der Waals surface area contributed by atoms with Crippen LogP contribution in [0, 0.1) is 0 Å². The van der Waals surface area contributed by atoms with Crippen LogP contribution in [-0.2, 0) is 19.1 Å². The molecule has 2 aliphatic heterocycles. The highest BCUT2D eigenvalue weighted by atomic mass is 16.5. The van der Waals surface area contributed by atoms with Crippen molar-refractivity contribution in [1.29, 1.82) is 0 Å². The third-order valence-corrected chi connectivity index (χ3v) is 11.3. The largest absolute Gasteiger partial charge is 0.453 e. The molecule has 2 aliphatic rings. The highest BCUT2D eigenvalue weighted by Gasteiger charge is 2.38. The van der Waals surface area contributed by atoms with Gasteiger partial charge in [0.2, 0.25) is 0 Å². The third-order valence-electron chi connectivity index (χ3n) is 11.3. The molecule has 0 radical (unpaired) electrons. The normalized spacial score (nSPS) is 17.2. The Morgan fingerprint density at radius 1 is 0.583 bits per heavy atom. The van der Waals surface area contributed by atoms with E-state index >= 15 is 0 Å². The highest BCUT2D eigenvalue weighted by Crippen LogP contribution is 2.36. The zero-order valence-corrected chi connectivity index (χ0v) is 33.3. The molecular formula is C46H46N8O6. The van der Waals surface area contributed by atoms with E-state index in [9.17, 15) is 19.2 Å². The Balaban J connectivity index is 0.956. The molecule has 306 valence electrons. The summed E-state index contributed by atoms with van der Waals surface area (Å²) in [4.78, 5) is 72.3. The molecule has 14 nitrogen and oxygen atoms in total. The quantitative estimate of drug-likeness (QED) is 0.103. The fourth-order valence-electron chi connectivity index (χ4n) is 8.19.